The normalized spacial score (nSPS) is 11.3. The molecule has 0 fully saturated rings. The number of halogens is 2. The molecule has 6 rings (SSSR count). The average Bonchev–Trinajstić information content (AvgIpc) is 3.44. The van der Waals surface area contributed by atoms with Gasteiger partial charge >= 0.3 is 6.01 Å². The van der Waals surface area contributed by atoms with Gasteiger partial charge in [0.25, 0.3) is 0 Å². The van der Waals surface area contributed by atoms with Gasteiger partial charge in [0.15, 0.2) is 29.7 Å². The fourth-order valence-corrected chi connectivity index (χ4v) is 4.96. The van der Waals surface area contributed by atoms with E-state index in [0.29, 0.717) is 50.1 Å². The summed E-state index contributed by atoms with van der Waals surface area (Å²) in [5.74, 6) is 2.12. The van der Waals surface area contributed by atoms with E-state index >= 15 is 4.39 Å². The summed E-state index contributed by atoms with van der Waals surface area (Å²) in [6.07, 6.45) is 8.42. The quantitative estimate of drug-likeness (QED) is 0.281. The zero-order chi connectivity index (χ0) is 27.3. The number of rotatable bonds is 5. The number of hydrogen-bond acceptors (Lipinski definition) is 8. The number of fused-ring (bicyclic) bond motifs is 2. The van der Waals surface area contributed by atoms with Gasteiger partial charge in [0, 0.05) is 30.1 Å². The van der Waals surface area contributed by atoms with Crippen LogP contribution in [0.4, 0.5) is 14.1 Å². The van der Waals surface area contributed by atoms with Gasteiger partial charge in [-0.15, -0.1) is 10.3 Å². The first-order valence-corrected chi connectivity index (χ1v) is 12.2. The molecule has 6 aromatic rings. The highest BCUT2D eigenvalue weighted by molar-refractivity contribution is 7.93. The maximum Gasteiger partial charge on any atom is 0.322 e. The van der Waals surface area contributed by atoms with E-state index in [1.807, 2.05) is 11.6 Å². The number of anilines is 1. The van der Waals surface area contributed by atoms with Crippen LogP contribution in [-0.4, -0.2) is 33.5 Å². The van der Waals surface area contributed by atoms with Gasteiger partial charge in [0.2, 0.25) is 0 Å². The number of nitrogen functional groups attached to an aromatic ring is 1. The van der Waals surface area contributed by atoms with Crippen molar-refractivity contribution in [3.05, 3.63) is 72.3 Å². The first-order chi connectivity index (χ1) is 18.9. The van der Waals surface area contributed by atoms with Crippen molar-refractivity contribution in [2.24, 2.45) is 7.05 Å². The third kappa shape index (κ3) is 4.00. The second-order valence-electron chi connectivity index (χ2n) is 8.61. The Labute approximate surface area is 225 Å². The summed E-state index contributed by atoms with van der Waals surface area (Å²) in [6, 6.07) is 11.6. The highest BCUT2D eigenvalue weighted by atomic mass is 32.2. The van der Waals surface area contributed by atoms with Gasteiger partial charge in [-0.25, -0.2) is 33.3 Å². The molecule has 0 aliphatic carbocycles. The highest BCUT2D eigenvalue weighted by Gasteiger charge is 2.24. The topological polar surface area (TPSA) is 110 Å². The Morgan fingerprint density at radius 2 is 1.87 bits per heavy atom. The Morgan fingerprint density at radius 1 is 1.05 bits per heavy atom. The summed E-state index contributed by atoms with van der Waals surface area (Å²) in [6.45, 7) is 1.79. The number of nitrogens with zero attached hydrogens (tertiary/aromatic N) is 7. The lowest BCUT2D eigenvalue weighted by atomic mass is 9.98. The first-order valence-electron chi connectivity index (χ1n) is 11.5. The van der Waals surface area contributed by atoms with Crippen LogP contribution in [0.5, 0.6) is 11.8 Å². The molecule has 2 aromatic carbocycles. The summed E-state index contributed by atoms with van der Waals surface area (Å²) in [4.78, 5) is 21.2. The molecule has 0 unspecified atom stereocenters. The maximum atomic E-state index is 15.4. The van der Waals surface area contributed by atoms with E-state index in [4.69, 9.17) is 16.9 Å². The Balaban J connectivity index is 1.55. The molecule has 0 spiro atoms. The maximum absolute atomic E-state index is 15.4. The van der Waals surface area contributed by atoms with Crippen molar-refractivity contribution in [1.82, 2.24) is 33.5 Å². The van der Waals surface area contributed by atoms with E-state index < -0.39 is 5.82 Å². The zero-order valence-electron chi connectivity index (χ0n) is 20.6. The van der Waals surface area contributed by atoms with E-state index in [0.717, 1.165) is 0 Å². The fourth-order valence-electron chi connectivity index (χ4n) is 4.57. The molecule has 4 aromatic heterocycles. The van der Waals surface area contributed by atoms with Gasteiger partial charge in [0.05, 0.1) is 22.1 Å². The van der Waals surface area contributed by atoms with Gasteiger partial charge in [-0.3, -0.25) is 0 Å². The number of ether oxygens (including phenoxy) is 1. The monoisotopic (exact) mass is 540 g/mol. The number of aromatic nitrogens is 7. The fraction of sp³-hybridized carbons (Fsp3) is 0.0741. The highest BCUT2D eigenvalue weighted by Crippen LogP contribution is 2.43. The average molecular weight is 541 g/mol. The van der Waals surface area contributed by atoms with E-state index in [-0.39, 0.29) is 35.7 Å². The minimum atomic E-state index is -0.621. The zero-order valence-corrected chi connectivity index (χ0v) is 21.4. The van der Waals surface area contributed by atoms with E-state index in [1.165, 1.54) is 28.6 Å². The molecule has 2 N–H and O–H groups in total. The Kier molecular flexibility index (Phi) is 5.85. The molecule has 0 atom stereocenters. The molecule has 4 heterocycles. The van der Waals surface area contributed by atoms with Crippen molar-refractivity contribution in [2.75, 3.05) is 5.73 Å². The Morgan fingerprint density at radius 3 is 2.62 bits per heavy atom. The molecule has 9 nitrogen and oxygen atoms in total. The molecule has 0 amide bonds. The van der Waals surface area contributed by atoms with Crippen LogP contribution in [-0.2, 0) is 7.05 Å². The third-order valence-electron chi connectivity index (χ3n) is 6.28. The molecule has 39 heavy (non-hydrogen) atoms. The molecular formula is C27H18F2N8OS. The van der Waals surface area contributed by atoms with Crippen molar-refractivity contribution in [1.29, 1.82) is 0 Å². The van der Waals surface area contributed by atoms with Crippen LogP contribution < -0.4 is 10.5 Å². The standard InChI is InChI=1S/C27H18F2N8OS/c1-4-21-35-18-12-16(5-7-19(18)37(21)39-29)24-22(23-25(30)32-13-33-26(23)36(24)3)15-6-8-20(17(28)11-15)38-27-31-10-9-14(2)34-27/h1,5-13H,2-3H3,(H2,30,32,33). The van der Waals surface area contributed by atoms with Crippen molar-refractivity contribution < 1.29 is 13.0 Å². The SMILES string of the molecule is C#Cc1nc2cc(-c3c(-c4ccc(Oc5nccc(C)n5)c(F)c4)c4c(N)ncnc4n3C)ccc2n1SF. The predicted octanol–water partition coefficient (Wildman–Crippen LogP) is 5.63. The lowest BCUT2D eigenvalue weighted by Gasteiger charge is -2.11. The lowest BCUT2D eigenvalue weighted by molar-refractivity contribution is 0.410. The van der Waals surface area contributed by atoms with Gasteiger partial charge in [-0.05, 0) is 48.7 Å². The van der Waals surface area contributed by atoms with Crippen LogP contribution in [0.3, 0.4) is 0 Å². The smallest absolute Gasteiger partial charge is 0.322 e. The molecule has 0 radical (unpaired) electrons. The summed E-state index contributed by atoms with van der Waals surface area (Å²) in [5, 5.41) is 0.555. The molecule has 0 saturated carbocycles. The molecule has 0 bridgehead atoms. The van der Waals surface area contributed by atoms with Crippen LogP contribution >= 0.6 is 12.3 Å². The molecule has 0 aliphatic rings. The van der Waals surface area contributed by atoms with Crippen LogP contribution in [0, 0.1) is 25.1 Å². The number of benzene rings is 2. The first kappa shape index (κ1) is 24.3. The largest absolute Gasteiger partial charge is 0.421 e. The molecule has 192 valence electrons. The van der Waals surface area contributed by atoms with E-state index in [2.05, 4.69) is 30.8 Å². The number of aryl methyl sites for hydroxylation is 2. The van der Waals surface area contributed by atoms with Crippen molar-refractivity contribution in [2.45, 2.75) is 6.92 Å². The number of terminal acetylenes is 1. The van der Waals surface area contributed by atoms with Crippen LogP contribution in [0.1, 0.15) is 11.5 Å². The van der Waals surface area contributed by atoms with Crippen LogP contribution in [0.2, 0.25) is 0 Å². The minimum Gasteiger partial charge on any atom is -0.421 e. The van der Waals surface area contributed by atoms with Gasteiger partial charge < -0.3 is 15.0 Å². The number of imidazole rings is 1. The summed E-state index contributed by atoms with van der Waals surface area (Å²) >= 11 is -0.0199. The summed E-state index contributed by atoms with van der Waals surface area (Å²) < 4.78 is 37.6. The summed E-state index contributed by atoms with van der Waals surface area (Å²) in [7, 11) is 1.82. The van der Waals surface area contributed by atoms with Crippen molar-refractivity contribution in [3.63, 3.8) is 0 Å². The lowest BCUT2D eigenvalue weighted by Crippen LogP contribution is -1.96. The van der Waals surface area contributed by atoms with Crippen molar-refractivity contribution >= 4 is 40.2 Å². The van der Waals surface area contributed by atoms with Crippen LogP contribution in [0.25, 0.3) is 44.5 Å². The van der Waals surface area contributed by atoms with E-state index in [1.54, 1.807) is 37.3 Å². The number of hydrogen-bond donors (Lipinski definition) is 1. The predicted molar refractivity (Wildman–Crippen MR) is 146 cm³/mol. The third-order valence-corrected chi connectivity index (χ3v) is 6.78. The Bertz CT molecular complexity index is 1960. The second kappa shape index (κ2) is 9.38. The molecular weight excluding hydrogens is 522 g/mol. The van der Waals surface area contributed by atoms with E-state index in [9.17, 15) is 3.89 Å². The summed E-state index contributed by atoms with van der Waals surface area (Å²) in [5.41, 5.74) is 11.1. The van der Waals surface area contributed by atoms with Crippen LogP contribution in [0.15, 0.2) is 55.0 Å². The van der Waals surface area contributed by atoms with Crippen molar-refractivity contribution in [3.8, 4) is 46.5 Å². The van der Waals surface area contributed by atoms with Gasteiger partial charge in [-0.2, -0.15) is 0 Å². The molecule has 0 aliphatic heterocycles. The van der Waals surface area contributed by atoms with Gasteiger partial charge in [0.1, 0.15) is 17.8 Å². The Hall–Kier alpha value is -5.02. The minimum absolute atomic E-state index is 0.0199. The van der Waals surface area contributed by atoms with Gasteiger partial charge in [-0.1, -0.05) is 12.1 Å². The molecule has 0 saturated heterocycles. The molecule has 12 heteroatoms. The number of nitrogens with two attached hydrogens (primary N) is 1. The second-order valence-corrected chi connectivity index (χ2v) is 9.12.